The maximum absolute atomic E-state index is 6.21. The van der Waals surface area contributed by atoms with Gasteiger partial charge in [-0.05, 0) is 44.6 Å². The van der Waals surface area contributed by atoms with E-state index in [9.17, 15) is 0 Å². The van der Waals surface area contributed by atoms with Gasteiger partial charge in [0, 0.05) is 18.1 Å². The molecule has 0 aromatic heterocycles. The van der Waals surface area contributed by atoms with Crippen molar-refractivity contribution in [1.82, 2.24) is 4.90 Å². The minimum atomic E-state index is 0.347. The molecule has 2 rings (SSSR count). The quantitative estimate of drug-likeness (QED) is 0.815. The van der Waals surface area contributed by atoms with Gasteiger partial charge in [0.05, 0.1) is 0 Å². The molecular formula is C15H30N2. The number of nitrogens with zero attached hydrogens (tertiary/aromatic N) is 1. The van der Waals surface area contributed by atoms with Crippen molar-refractivity contribution >= 4 is 0 Å². The van der Waals surface area contributed by atoms with Gasteiger partial charge in [-0.3, -0.25) is 4.90 Å². The van der Waals surface area contributed by atoms with E-state index in [0.717, 1.165) is 18.5 Å². The van der Waals surface area contributed by atoms with Crippen LogP contribution in [0.4, 0.5) is 0 Å². The van der Waals surface area contributed by atoms with Crippen molar-refractivity contribution in [3.63, 3.8) is 0 Å². The Labute approximate surface area is 107 Å². The SMILES string of the molecule is CCCC1CCCCN1C1(CN)CCCC1C. The number of rotatable bonds is 4. The van der Waals surface area contributed by atoms with E-state index in [1.54, 1.807) is 0 Å². The fourth-order valence-electron chi connectivity index (χ4n) is 4.30. The molecule has 1 heterocycles. The Hall–Kier alpha value is -0.0800. The molecule has 0 spiro atoms. The average Bonchev–Trinajstić information content (AvgIpc) is 2.73. The lowest BCUT2D eigenvalue weighted by atomic mass is 9.82. The Kier molecular flexibility index (Phi) is 4.48. The smallest absolute Gasteiger partial charge is 0.0360 e. The van der Waals surface area contributed by atoms with Gasteiger partial charge < -0.3 is 5.73 Å². The van der Waals surface area contributed by atoms with Crippen molar-refractivity contribution < 1.29 is 0 Å². The van der Waals surface area contributed by atoms with Crippen molar-refractivity contribution in [3.05, 3.63) is 0 Å². The number of nitrogens with two attached hydrogens (primary N) is 1. The van der Waals surface area contributed by atoms with E-state index in [1.807, 2.05) is 0 Å². The molecule has 0 aromatic rings. The molecule has 3 atom stereocenters. The van der Waals surface area contributed by atoms with E-state index in [0.29, 0.717) is 5.54 Å². The van der Waals surface area contributed by atoms with Gasteiger partial charge in [0.15, 0.2) is 0 Å². The van der Waals surface area contributed by atoms with Crippen LogP contribution in [-0.2, 0) is 0 Å². The van der Waals surface area contributed by atoms with Gasteiger partial charge in [-0.2, -0.15) is 0 Å². The van der Waals surface area contributed by atoms with Gasteiger partial charge in [-0.1, -0.05) is 33.1 Å². The first-order chi connectivity index (χ1) is 8.24. The summed E-state index contributed by atoms with van der Waals surface area (Å²) in [5.41, 5.74) is 6.55. The highest BCUT2D eigenvalue weighted by molar-refractivity contribution is 5.03. The molecule has 100 valence electrons. The highest BCUT2D eigenvalue weighted by Crippen LogP contribution is 2.43. The topological polar surface area (TPSA) is 29.3 Å². The van der Waals surface area contributed by atoms with Crippen LogP contribution in [0.2, 0.25) is 0 Å². The largest absolute Gasteiger partial charge is 0.329 e. The molecule has 2 N–H and O–H groups in total. The Morgan fingerprint density at radius 1 is 1.24 bits per heavy atom. The molecule has 0 amide bonds. The average molecular weight is 238 g/mol. The van der Waals surface area contributed by atoms with E-state index in [-0.39, 0.29) is 0 Å². The van der Waals surface area contributed by atoms with Crippen LogP contribution in [0.15, 0.2) is 0 Å². The third-order valence-corrected chi connectivity index (χ3v) is 5.34. The standard InChI is InChI=1S/C15H30N2/c1-3-7-14-9-4-5-11-17(14)15(12-16)10-6-8-13(15)2/h13-14H,3-12,16H2,1-2H3. The molecule has 2 nitrogen and oxygen atoms in total. The molecule has 3 unspecified atom stereocenters. The monoisotopic (exact) mass is 238 g/mol. The second kappa shape index (κ2) is 5.71. The second-order valence-corrected chi connectivity index (χ2v) is 6.23. The van der Waals surface area contributed by atoms with Crippen LogP contribution in [0.1, 0.15) is 65.2 Å². The zero-order chi connectivity index (χ0) is 12.3. The number of hydrogen-bond donors (Lipinski definition) is 1. The first kappa shape index (κ1) is 13.4. The Morgan fingerprint density at radius 3 is 2.65 bits per heavy atom. The molecule has 2 aliphatic rings. The van der Waals surface area contributed by atoms with Crippen molar-refractivity contribution in [2.75, 3.05) is 13.1 Å². The van der Waals surface area contributed by atoms with E-state index in [2.05, 4.69) is 18.7 Å². The molecule has 1 aliphatic carbocycles. The lowest BCUT2D eigenvalue weighted by Crippen LogP contribution is -2.60. The van der Waals surface area contributed by atoms with Gasteiger partial charge >= 0.3 is 0 Å². The molecule has 1 aliphatic heterocycles. The number of piperidine rings is 1. The van der Waals surface area contributed by atoms with E-state index >= 15 is 0 Å². The maximum atomic E-state index is 6.21. The summed E-state index contributed by atoms with van der Waals surface area (Å²) in [6.45, 7) is 6.91. The predicted octanol–water partition coefficient (Wildman–Crippen LogP) is 3.16. The summed E-state index contributed by atoms with van der Waals surface area (Å²) >= 11 is 0. The summed E-state index contributed by atoms with van der Waals surface area (Å²) in [5.74, 6) is 0.796. The van der Waals surface area contributed by atoms with E-state index < -0.39 is 0 Å². The zero-order valence-electron chi connectivity index (χ0n) is 11.8. The van der Waals surface area contributed by atoms with Gasteiger partial charge in [-0.15, -0.1) is 0 Å². The van der Waals surface area contributed by atoms with Gasteiger partial charge in [0.2, 0.25) is 0 Å². The molecule has 17 heavy (non-hydrogen) atoms. The first-order valence-electron chi connectivity index (χ1n) is 7.71. The van der Waals surface area contributed by atoms with E-state index in [4.69, 9.17) is 5.73 Å². The lowest BCUT2D eigenvalue weighted by Gasteiger charge is -2.50. The first-order valence-corrected chi connectivity index (χ1v) is 7.71. The molecule has 0 bridgehead atoms. The molecule has 2 heteroatoms. The van der Waals surface area contributed by atoms with Crippen LogP contribution in [-0.4, -0.2) is 29.6 Å². The van der Waals surface area contributed by atoms with Crippen LogP contribution < -0.4 is 5.73 Å². The van der Waals surface area contributed by atoms with Gasteiger partial charge in [0.1, 0.15) is 0 Å². The van der Waals surface area contributed by atoms with Gasteiger partial charge in [0.25, 0.3) is 0 Å². The van der Waals surface area contributed by atoms with Crippen LogP contribution in [0.3, 0.4) is 0 Å². The van der Waals surface area contributed by atoms with Crippen molar-refractivity contribution in [2.45, 2.75) is 76.8 Å². The van der Waals surface area contributed by atoms with Crippen LogP contribution >= 0.6 is 0 Å². The number of likely N-dealkylation sites (tertiary alicyclic amines) is 1. The van der Waals surface area contributed by atoms with Crippen molar-refractivity contribution in [2.24, 2.45) is 11.7 Å². The van der Waals surface area contributed by atoms with E-state index in [1.165, 1.54) is 57.9 Å². The molecule has 1 saturated carbocycles. The molecule has 0 aromatic carbocycles. The highest BCUT2D eigenvalue weighted by Gasteiger charge is 2.46. The third kappa shape index (κ3) is 2.39. The Balaban J connectivity index is 2.15. The lowest BCUT2D eigenvalue weighted by molar-refractivity contribution is -0.00277. The van der Waals surface area contributed by atoms with Crippen LogP contribution in [0.25, 0.3) is 0 Å². The minimum Gasteiger partial charge on any atom is -0.329 e. The number of hydrogen-bond acceptors (Lipinski definition) is 2. The summed E-state index contributed by atoms with van der Waals surface area (Å²) < 4.78 is 0. The fraction of sp³-hybridized carbons (Fsp3) is 1.00. The second-order valence-electron chi connectivity index (χ2n) is 6.23. The normalized spacial score (nSPS) is 39.7. The van der Waals surface area contributed by atoms with Crippen LogP contribution in [0, 0.1) is 5.92 Å². The summed E-state index contributed by atoms with van der Waals surface area (Å²) in [5, 5.41) is 0. The maximum Gasteiger partial charge on any atom is 0.0360 e. The highest BCUT2D eigenvalue weighted by atomic mass is 15.2. The Bertz CT molecular complexity index is 239. The third-order valence-electron chi connectivity index (χ3n) is 5.34. The Morgan fingerprint density at radius 2 is 2.06 bits per heavy atom. The fourth-order valence-corrected chi connectivity index (χ4v) is 4.30. The van der Waals surface area contributed by atoms with Crippen molar-refractivity contribution in [1.29, 1.82) is 0 Å². The summed E-state index contributed by atoms with van der Waals surface area (Å²) in [4.78, 5) is 2.83. The molecule has 1 saturated heterocycles. The summed E-state index contributed by atoms with van der Waals surface area (Å²) in [6.07, 6.45) is 11.0. The van der Waals surface area contributed by atoms with Gasteiger partial charge in [-0.25, -0.2) is 0 Å². The van der Waals surface area contributed by atoms with Crippen molar-refractivity contribution in [3.8, 4) is 0 Å². The molecular weight excluding hydrogens is 208 g/mol. The predicted molar refractivity (Wildman–Crippen MR) is 74.1 cm³/mol. The zero-order valence-corrected chi connectivity index (χ0v) is 11.8. The van der Waals surface area contributed by atoms with Crippen LogP contribution in [0.5, 0.6) is 0 Å². The summed E-state index contributed by atoms with van der Waals surface area (Å²) in [7, 11) is 0. The summed E-state index contributed by atoms with van der Waals surface area (Å²) in [6, 6.07) is 0.817. The minimum absolute atomic E-state index is 0.347. The molecule has 0 radical (unpaired) electrons. The molecule has 2 fully saturated rings.